The lowest BCUT2D eigenvalue weighted by Crippen LogP contribution is -2.22. The van der Waals surface area contributed by atoms with Gasteiger partial charge in [0.1, 0.15) is 5.56 Å². The summed E-state index contributed by atoms with van der Waals surface area (Å²) in [6, 6.07) is 0.921. The zero-order valence-corrected chi connectivity index (χ0v) is 15.5. The zero-order chi connectivity index (χ0) is 22.3. The number of fused-ring (bicyclic) bond motifs is 1. The first-order valence-electron chi connectivity index (χ1n) is 7.99. The average molecular weight is 446 g/mol. The van der Waals surface area contributed by atoms with E-state index in [0.717, 1.165) is 0 Å². The van der Waals surface area contributed by atoms with Crippen LogP contribution in [0.5, 0.6) is 0 Å². The molecule has 0 aliphatic carbocycles. The molecule has 1 aromatic carbocycles. The minimum absolute atomic E-state index is 0.158. The number of ether oxygens (including phenoxy) is 1. The second kappa shape index (κ2) is 7.71. The van der Waals surface area contributed by atoms with Crippen LogP contribution in [0.15, 0.2) is 23.1 Å². The Morgan fingerprint density at radius 3 is 2.50 bits per heavy atom. The van der Waals surface area contributed by atoms with Crippen molar-refractivity contribution in [3.8, 4) is 5.69 Å². The number of esters is 1. The van der Waals surface area contributed by atoms with Crippen LogP contribution in [0.1, 0.15) is 17.3 Å². The smallest absolute Gasteiger partial charge is 0.343 e. The zero-order valence-electron chi connectivity index (χ0n) is 14.7. The van der Waals surface area contributed by atoms with E-state index in [1.807, 2.05) is 0 Å². The second-order valence-electron chi connectivity index (χ2n) is 5.71. The summed E-state index contributed by atoms with van der Waals surface area (Å²) < 4.78 is 61.3. The van der Waals surface area contributed by atoms with Crippen LogP contribution in [0.4, 0.5) is 23.2 Å². The molecular formula is C17H8ClF4N3O5. The standard InChI is InChI=1S/C17H8ClF4N3O5/c1-2-30-17(27)7-5-24(16-6(14(7)26)3-8(19)15(18)23-16)9-4-10(25(28)29)12(21)13(22)11(9)20/h3-5H,2H2,1H3. The van der Waals surface area contributed by atoms with Crippen LogP contribution < -0.4 is 5.43 Å². The lowest BCUT2D eigenvalue weighted by atomic mass is 10.1. The molecule has 0 radical (unpaired) electrons. The van der Waals surface area contributed by atoms with Gasteiger partial charge in [0.2, 0.25) is 17.1 Å². The van der Waals surface area contributed by atoms with Crippen molar-refractivity contribution in [3.63, 3.8) is 0 Å². The maximum Gasteiger partial charge on any atom is 0.343 e. The molecule has 0 spiro atoms. The number of rotatable bonds is 4. The highest BCUT2D eigenvalue weighted by Crippen LogP contribution is 2.30. The van der Waals surface area contributed by atoms with Gasteiger partial charge in [-0.1, -0.05) is 11.6 Å². The monoisotopic (exact) mass is 445 g/mol. The fraction of sp³-hybridized carbons (Fsp3) is 0.118. The van der Waals surface area contributed by atoms with Gasteiger partial charge < -0.3 is 4.74 Å². The van der Waals surface area contributed by atoms with Crippen LogP contribution in [-0.2, 0) is 4.74 Å². The van der Waals surface area contributed by atoms with Crippen molar-refractivity contribution >= 4 is 34.3 Å². The molecule has 13 heteroatoms. The van der Waals surface area contributed by atoms with Crippen LogP contribution in [0.2, 0.25) is 5.15 Å². The van der Waals surface area contributed by atoms with Gasteiger partial charge in [-0.3, -0.25) is 19.5 Å². The highest BCUT2D eigenvalue weighted by atomic mass is 35.5. The van der Waals surface area contributed by atoms with Gasteiger partial charge in [-0.25, -0.2) is 22.9 Å². The Kier molecular flexibility index (Phi) is 5.44. The molecule has 3 rings (SSSR count). The van der Waals surface area contributed by atoms with Gasteiger partial charge in [-0.05, 0) is 13.0 Å². The minimum Gasteiger partial charge on any atom is -0.462 e. The quantitative estimate of drug-likeness (QED) is 0.151. The third kappa shape index (κ3) is 3.34. The van der Waals surface area contributed by atoms with E-state index in [-0.39, 0.29) is 6.61 Å². The molecule has 0 amide bonds. The molecular weight excluding hydrogens is 438 g/mol. The number of nitrogens with zero attached hydrogens (tertiary/aromatic N) is 3. The molecule has 0 saturated carbocycles. The fourth-order valence-corrected chi connectivity index (χ4v) is 2.76. The van der Waals surface area contributed by atoms with Gasteiger partial charge in [0.25, 0.3) is 0 Å². The van der Waals surface area contributed by atoms with Gasteiger partial charge in [0.15, 0.2) is 22.4 Å². The molecule has 2 heterocycles. The summed E-state index contributed by atoms with van der Waals surface area (Å²) >= 11 is 5.60. The Bertz CT molecular complexity index is 1300. The Morgan fingerprint density at radius 2 is 1.90 bits per heavy atom. The Morgan fingerprint density at radius 1 is 1.23 bits per heavy atom. The van der Waals surface area contributed by atoms with E-state index >= 15 is 0 Å². The van der Waals surface area contributed by atoms with Crippen LogP contribution in [0.25, 0.3) is 16.7 Å². The largest absolute Gasteiger partial charge is 0.462 e. The SMILES string of the molecule is CCOC(=O)c1cn(-c2cc([N+](=O)[O-])c(F)c(F)c2F)c2nc(Cl)c(F)cc2c1=O. The number of carbonyl (C=O) groups excluding carboxylic acids is 1. The normalized spacial score (nSPS) is 11.0. The van der Waals surface area contributed by atoms with E-state index < -0.39 is 72.7 Å². The predicted molar refractivity (Wildman–Crippen MR) is 94.8 cm³/mol. The molecule has 8 nitrogen and oxygen atoms in total. The lowest BCUT2D eigenvalue weighted by Gasteiger charge is -2.14. The van der Waals surface area contributed by atoms with Crippen molar-refractivity contribution in [3.05, 3.63) is 72.7 Å². The molecule has 0 atom stereocenters. The molecule has 3 aromatic rings. The molecule has 156 valence electrons. The van der Waals surface area contributed by atoms with E-state index in [2.05, 4.69) is 4.98 Å². The topological polar surface area (TPSA) is 104 Å². The maximum absolute atomic E-state index is 14.5. The summed E-state index contributed by atoms with van der Waals surface area (Å²) in [6.45, 7) is 1.27. The van der Waals surface area contributed by atoms with Crippen molar-refractivity contribution in [2.45, 2.75) is 6.92 Å². The molecule has 0 aliphatic heterocycles. The summed E-state index contributed by atoms with van der Waals surface area (Å²) in [4.78, 5) is 38.0. The van der Waals surface area contributed by atoms with E-state index in [9.17, 15) is 37.3 Å². The first-order chi connectivity index (χ1) is 14.1. The summed E-state index contributed by atoms with van der Waals surface area (Å²) in [6.07, 6.45) is 0.656. The predicted octanol–water partition coefficient (Wildman–Crippen LogP) is 3.68. The van der Waals surface area contributed by atoms with Gasteiger partial charge >= 0.3 is 11.7 Å². The number of halogens is 5. The molecule has 0 N–H and O–H groups in total. The first kappa shape index (κ1) is 21.2. The number of aromatic nitrogens is 2. The Labute approximate surface area is 168 Å². The van der Waals surface area contributed by atoms with Crippen LogP contribution in [0, 0.1) is 33.4 Å². The van der Waals surface area contributed by atoms with Crippen molar-refractivity contribution < 1.29 is 32.0 Å². The molecule has 0 bridgehead atoms. The third-order valence-corrected chi connectivity index (χ3v) is 4.21. The molecule has 0 aliphatic rings. The highest BCUT2D eigenvalue weighted by Gasteiger charge is 2.28. The Hall–Kier alpha value is -3.54. The molecule has 0 saturated heterocycles. The number of nitro groups is 1. The van der Waals surface area contributed by atoms with E-state index in [0.29, 0.717) is 22.9 Å². The van der Waals surface area contributed by atoms with E-state index in [1.165, 1.54) is 6.92 Å². The maximum atomic E-state index is 14.5. The lowest BCUT2D eigenvalue weighted by molar-refractivity contribution is -0.387. The molecule has 0 unspecified atom stereocenters. The van der Waals surface area contributed by atoms with E-state index in [4.69, 9.17) is 16.3 Å². The van der Waals surface area contributed by atoms with Crippen LogP contribution >= 0.6 is 11.6 Å². The van der Waals surface area contributed by atoms with E-state index in [1.54, 1.807) is 0 Å². The summed E-state index contributed by atoms with van der Waals surface area (Å²) in [5, 5.41) is 9.65. The fourth-order valence-electron chi connectivity index (χ4n) is 2.63. The van der Waals surface area contributed by atoms with Crippen LogP contribution in [-0.4, -0.2) is 27.1 Å². The second-order valence-corrected chi connectivity index (χ2v) is 6.07. The average Bonchev–Trinajstić information content (AvgIpc) is 2.68. The number of pyridine rings is 2. The number of carbonyl (C=O) groups is 1. The number of nitro benzene ring substituents is 1. The molecule has 30 heavy (non-hydrogen) atoms. The number of hydrogen-bond donors (Lipinski definition) is 0. The minimum atomic E-state index is -2.18. The molecule has 2 aromatic heterocycles. The summed E-state index contributed by atoms with van der Waals surface area (Å²) in [5.74, 6) is -8.48. The van der Waals surface area contributed by atoms with Gasteiger partial charge in [0.05, 0.1) is 22.6 Å². The van der Waals surface area contributed by atoms with Crippen molar-refractivity contribution in [2.24, 2.45) is 0 Å². The Balaban J connectivity index is 2.51. The highest BCUT2D eigenvalue weighted by molar-refractivity contribution is 6.29. The number of benzene rings is 1. The first-order valence-corrected chi connectivity index (χ1v) is 8.37. The van der Waals surface area contributed by atoms with Crippen molar-refractivity contribution in [1.29, 1.82) is 0 Å². The van der Waals surface area contributed by atoms with Crippen LogP contribution in [0.3, 0.4) is 0 Å². The van der Waals surface area contributed by atoms with Gasteiger partial charge in [-0.2, -0.15) is 4.39 Å². The third-order valence-electron chi connectivity index (χ3n) is 3.95. The van der Waals surface area contributed by atoms with Crippen molar-refractivity contribution in [1.82, 2.24) is 9.55 Å². The molecule has 0 fully saturated rings. The van der Waals surface area contributed by atoms with Gasteiger partial charge in [0, 0.05) is 12.3 Å². The summed E-state index contributed by atoms with van der Waals surface area (Å²) in [7, 11) is 0. The van der Waals surface area contributed by atoms with Gasteiger partial charge in [-0.15, -0.1) is 0 Å². The summed E-state index contributed by atoms with van der Waals surface area (Å²) in [5.41, 5.74) is -4.79. The number of hydrogen-bond acceptors (Lipinski definition) is 6. The van der Waals surface area contributed by atoms with Crippen molar-refractivity contribution in [2.75, 3.05) is 6.61 Å².